The van der Waals surface area contributed by atoms with Gasteiger partial charge in [-0.15, -0.1) is 0 Å². The SMILES string of the molecule is CCCCOc1c([C@H](N)CC)ccc2c(OCCCC)c([C@H](N)CC)ccc12. The Hall–Kier alpha value is -1.78. The Kier molecular flexibility index (Phi) is 9.07. The minimum absolute atomic E-state index is 0.0388. The summed E-state index contributed by atoms with van der Waals surface area (Å²) in [6.45, 7) is 9.94. The van der Waals surface area contributed by atoms with E-state index in [1.165, 1.54) is 0 Å². The molecule has 28 heavy (non-hydrogen) atoms. The van der Waals surface area contributed by atoms with Crippen molar-refractivity contribution in [3.8, 4) is 11.5 Å². The molecule has 2 atom stereocenters. The molecule has 156 valence electrons. The number of fused-ring (bicyclic) bond motifs is 1. The zero-order valence-electron chi connectivity index (χ0n) is 18.1. The van der Waals surface area contributed by atoms with Crippen LogP contribution in [0.1, 0.15) is 89.4 Å². The maximum atomic E-state index is 6.40. The van der Waals surface area contributed by atoms with E-state index in [0.29, 0.717) is 13.2 Å². The average Bonchev–Trinajstić information content (AvgIpc) is 2.72. The molecule has 0 bridgehead atoms. The Morgan fingerprint density at radius 3 is 1.39 bits per heavy atom. The molecule has 2 aromatic carbocycles. The van der Waals surface area contributed by atoms with Gasteiger partial charge in [-0.1, -0.05) is 64.8 Å². The van der Waals surface area contributed by atoms with Crippen LogP contribution in [-0.4, -0.2) is 13.2 Å². The Morgan fingerprint density at radius 1 is 0.679 bits per heavy atom. The Balaban J connectivity index is 2.62. The summed E-state index contributed by atoms with van der Waals surface area (Å²) in [5, 5.41) is 2.13. The van der Waals surface area contributed by atoms with Crippen molar-refractivity contribution < 1.29 is 9.47 Å². The normalized spacial score (nSPS) is 13.5. The molecule has 0 saturated carbocycles. The zero-order chi connectivity index (χ0) is 20.5. The fourth-order valence-electron chi connectivity index (χ4n) is 3.37. The number of unbranched alkanes of at least 4 members (excludes halogenated alkanes) is 2. The number of benzene rings is 2. The fraction of sp³-hybridized carbons (Fsp3) is 0.583. The molecule has 0 aliphatic heterocycles. The molecular formula is C24H38N2O2. The van der Waals surface area contributed by atoms with E-state index in [1.54, 1.807) is 0 Å². The molecule has 2 rings (SSSR count). The second-order valence-electron chi connectivity index (χ2n) is 7.50. The summed E-state index contributed by atoms with van der Waals surface area (Å²) in [4.78, 5) is 0. The standard InChI is InChI=1S/C24H38N2O2/c1-5-9-15-27-23-17-11-14-20(22(26)8-4)24(28-16-10-6-2)18(17)12-13-19(23)21(25)7-3/h11-14,21-22H,5-10,15-16,25-26H2,1-4H3/t21-,22-/m1/s1. The fourth-order valence-corrected chi connectivity index (χ4v) is 3.37. The molecular weight excluding hydrogens is 348 g/mol. The lowest BCUT2D eigenvalue weighted by Gasteiger charge is -2.22. The van der Waals surface area contributed by atoms with Crippen LogP contribution in [0, 0.1) is 0 Å². The molecule has 0 aliphatic carbocycles. The summed E-state index contributed by atoms with van der Waals surface area (Å²) in [5.41, 5.74) is 14.9. The lowest BCUT2D eigenvalue weighted by molar-refractivity contribution is 0.304. The molecule has 0 heterocycles. The summed E-state index contributed by atoms with van der Waals surface area (Å²) < 4.78 is 12.5. The summed E-state index contributed by atoms with van der Waals surface area (Å²) in [6, 6.07) is 8.38. The third-order valence-electron chi connectivity index (χ3n) is 5.33. The van der Waals surface area contributed by atoms with Gasteiger partial charge in [0.25, 0.3) is 0 Å². The minimum Gasteiger partial charge on any atom is -0.493 e. The quantitative estimate of drug-likeness (QED) is 0.438. The Bertz CT molecular complexity index is 682. The van der Waals surface area contributed by atoms with Gasteiger partial charge in [0.15, 0.2) is 0 Å². The van der Waals surface area contributed by atoms with E-state index in [4.69, 9.17) is 20.9 Å². The molecule has 0 aliphatic rings. The first-order valence-electron chi connectivity index (χ1n) is 10.9. The van der Waals surface area contributed by atoms with E-state index >= 15 is 0 Å². The number of ether oxygens (including phenoxy) is 2. The van der Waals surface area contributed by atoms with Crippen molar-refractivity contribution in [2.45, 2.75) is 78.3 Å². The first-order chi connectivity index (χ1) is 13.6. The van der Waals surface area contributed by atoms with Crippen molar-refractivity contribution >= 4 is 10.8 Å². The van der Waals surface area contributed by atoms with Gasteiger partial charge in [0.1, 0.15) is 11.5 Å². The second-order valence-corrected chi connectivity index (χ2v) is 7.50. The lowest BCUT2D eigenvalue weighted by atomic mass is 9.94. The average molecular weight is 387 g/mol. The van der Waals surface area contributed by atoms with Crippen LogP contribution in [0.4, 0.5) is 0 Å². The van der Waals surface area contributed by atoms with Gasteiger partial charge in [-0.3, -0.25) is 0 Å². The molecule has 4 N–H and O–H groups in total. The number of rotatable bonds is 12. The summed E-state index contributed by atoms with van der Waals surface area (Å²) in [7, 11) is 0. The van der Waals surface area contributed by atoms with Gasteiger partial charge in [-0.25, -0.2) is 0 Å². The molecule has 2 aromatic rings. The monoisotopic (exact) mass is 386 g/mol. The number of hydrogen-bond acceptors (Lipinski definition) is 4. The van der Waals surface area contributed by atoms with Gasteiger partial charge in [0.05, 0.1) is 13.2 Å². The van der Waals surface area contributed by atoms with Crippen LogP contribution in [0.25, 0.3) is 10.8 Å². The van der Waals surface area contributed by atoms with Gasteiger partial charge >= 0.3 is 0 Å². The highest BCUT2D eigenvalue weighted by Crippen LogP contribution is 2.41. The van der Waals surface area contributed by atoms with Crippen molar-refractivity contribution in [1.29, 1.82) is 0 Å². The van der Waals surface area contributed by atoms with Crippen LogP contribution in [0.15, 0.2) is 24.3 Å². The van der Waals surface area contributed by atoms with Crippen LogP contribution >= 0.6 is 0 Å². The third-order valence-corrected chi connectivity index (χ3v) is 5.33. The highest BCUT2D eigenvalue weighted by atomic mass is 16.5. The van der Waals surface area contributed by atoms with Crippen LogP contribution in [0.2, 0.25) is 0 Å². The molecule has 0 radical (unpaired) electrons. The highest BCUT2D eigenvalue weighted by Gasteiger charge is 2.20. The Labute approximate surface area is 170 Å². The molecule has 0 amide bonds. The summed E-state index contributed by atoms with van der Waals surface area (Å²) in [6.07, 6.45) is 5.98. The van der Waals surface area contributed by atoms with E-state index in [2.05, 4.69) is 52.0 Å². The molecule has 4 nitrogen and oxygen atoms in total. The minimum atomic E-state index is -0.0388. The topological polar surface area (TPSA) is 70.5 Å². The smallest absolute Gasteiger partial charge is 0.132 e. The highest BCUT2D eigenvalue weighted by molar-refractivity contribution is 5.95. The molecule has 0 saturated heterocycles. The van der Waals surface area contributed by atoms with Crippen LogP contribution in [-0.2, 0) is 0 Å². The van der Waals surface area contributed by atoms with Gasteiger partial charge in [0.2, 0.25) is 0 Å². The maximum absolute atomic E-state index is 6.40. The van der Waals surface area contributed by atoms with Crippen molar-refractivity contribution in [3.05, 3.63) is 35.4 Å². The Morgan fingerprint density at radius 2 is 1.07 bits per heavy atom. The molecule has 0 unspecified atom stereocenters. The molecule has 0 aromatic heterocycles. The predicted molar refractivity (Wildman–Crippen MR) is 119 cm³/mol. The van der Waals surface area contributed by atoms with Crippen molar-refractivity contribution in [2.75, 3.05) is 13.2 Å². The molecule has 0 spiro atoms. The van der Waals surface area contributed by atoms with Gasteiger partial charge < -0.3 is 20.9 Å². The van der Waals surface area contributed by atoms with E-state index in [0.717, 1.165) is 71.9 Å². The zero-order valence-corrected chi connectivity index (χ0v) is 18.1. The maximum Gasteiger partial charge on any atom is 0.132 e. The number of hydrogen-bond donors (Lipinski definition) is 2. The van der Waals surface area contributed by atoms with Crippen molar-refractivity contribution in [1.82, 2.24) is 0 Å². The van der Waals surface area contributed by atoms with E-state index < -0.39 is 0 Å². The van der Waals surface area contributed by atoms with Gasteiger partial charge in [0, 0.05) is 34.0 Å². The first-order valence-corrected chi connectivity index (χ1v) is 10.9. The van der Waals surface area contributed by atoms with Crippen LogP contribution in [0.3, 0.4) is 0 Å². The van der Waals surface area contributed by atoms with E-state index in [1.807, 2.05) is 0 Å². The summed E-state index contributed by atoms with van der Waals surface area (Å²) >= 11 is 0. The van der Waals surface area contributed by atoms with E-state index in [9.17, 15) is 0 Å². The molecule has 4 heteroatoms. The first kappa shape index (κ1) is 22.5. The van der Waals surface area contributed by atoms with Gasteiger partial charge in [-0.05, 0) is 25.7 Å². The third kappa shape index (κ3) is 5.18. The largest absolute Gasteiger partial charge is 0.493 e. The number of nitrogens with two attached hydrogens (primary N) is 2. The van der Waals surface area contributed by atoms with E-state index in [-0.39, 0.29) is 12.1 Å². The second kappa shape index (κ2) is 11.3. The van der Waals surface area contributed by atoms with Crippen molar-refractivity contribution in [2.24, 2.45) is 11.5 Å². The predicted octanol–water partition coefficient (Wildman–Crippen LogP) is 6.02. The van der Waals surface area contributed by atoms with Gasteiger partial charge in [-0.2, -0.15) is 0 Å². The lowest BCUT2D eigenvalue weighted by Crippen LogP contribution is -2.13. The van der Waals surface area contributed by atoms with Crippen LogP contribution < -0.4 is 20.9 Å². The molecule has 0 fully saturated rings. The van der Waals surface area contributed by atoms with Crippen LogP contribution in [0.5, 0.6) is 11.5 Å². The summed E-state index contributed by atoms with van der Waals surface area (Å²) in [5.74, 6) is 1.80. The van der Waals surface area contributed by atoms with Crippen molar-refractivity contribution in [3.63, 3.8) is 0 Å².